The Kier molecular flexibility index (Phi) is 3.97. The molecule has 2 heterocycles. The number of hydrogen-bond acceptors (Lipinski definition) is 5. The molecule has 25 heavy (non-hydrogen) atoms. The average Bonchev–Trinajstić information content (AvgIpc) is 3.28. The van der Waals surface area contributed by atoms with E-state index >= 15 is 0 Å². The normalized spacial score (nSPS) is 11.4. The largest absolute Gasteiger partial charge is 0.496 e. The summed E-state index contributed by atoms with van der Waals surface area (Å²) >= 11 is 1.64. The second kappa shape index (κ2) is 6.29. The van der Waals surface area contributed by atoms with E-state index < -0.39 is 0 Å². The molecule has 0 aliphatic heterocycles. The SMILES string of the molecule is COc1ccccc1-c1cnc(-c2ccc3c(c2)nnn3C(C)C)s1. The standard InChI is InChI=1S/C19H18N4OS/c1-12(2)23-16-9-8-13(10-15(16)21-22-23)19-20-11-18(25-19)14-6-4-5-7-17(14)24-3/h4-12H,1-3H3. The van der Waals surface area contributed by atoms with E-state index in [0.29, 0.717) is 0 Å². The summed E-state index contributed by atoms with van der Waals surface area (Å²) in [6.07, 6.45) is 1.90. The lowest BCUT2D eigenvalue weighted by Crippen LogP contribution is -2.02. The van der Waals surface area contributed by atoms with Crippen LogP contribution in [-0.2, 0) is 0 Å². The highest BCUT2D eigenvalue weighted by Crippen LogP contribution is 2.37. The van der Waals surface area contributed by atoms with Crippen molar-refractivity contribution in [3.05, 3.63) is 48.7 Å². The van der Waals surface area contributed by atoms with Crippen LogP contribution in [0.15, 0.2) is 48.7 Å². The number of thiazole rings is 1. The van der Waals surface area contributed by atoms with Gasteiger partial charge in [-0.2, -0.15) is 0 Å². The smallest absolute Gasteiger partial charge is 0.127 e. The zero-order chi connectivity index (χ0) is 17.4. The fraction of sp³-hybridized carbons (Fsp3) is 0.211. The molecular formula is C19H18N4OS. The van der Waals surface area contributed by atoms with E-state index in [4.69, 9.17) is 4.74 Å². The lowest BCUT2D eigenvalue weighted by atomic mass is 10.2. The molecule has 6 heteroatoms. The first-order valence-electron chi connectivity index (χ1n) is 8.12. The van der Waals surface area contributed by atoms with Crippen molar-refractivity contribution in [1.29, 1.82) is 0 Å². The molecule has 0 radical (unpaired) electrons. The van der Waals surface area contributed by atoms with Gasteiger partial charge in [0.05, 0.1) is 17.5 Å². The van der Waals surface area contributed by atoms with Crippen LogP contribution in [-0.4, -0.2) is 27.1 Å². The fourth-order valence-corrected chi connectivity index (χ4v) is 3.78. The molecule has 4 rings (SSSR count). The highest BCUT2D eigenvalue weighted by atomic mass is 32.1. The summed E-state index contributed by atoms with van der Waals surface area (Å²) in [7, 11) is 1.69. The number of ether oxygens (including phenoxy) is 1. The van der Waals surface area contributed by atoms with Crippen molar-refractivity contribution in [2.24, 2.45) is 0 Å². The number of para-hydroxylation sites is 1. The molecule has 0 unspecified atom stereocenters. The van der Waals surface area contributed by atoms with Gasteiger partial charge in [-0.05, 0) is 44.2 Å². The van der Waals surface area contributed by atoms with Gasteiger partial charge >= 0.3 is 0 Å². The number of aromatic nitrogens is 4. The maximum Gasteiger partial charge on any atom is 0.127 e. The number of rotatable bonds is 4. The molecule has 0 saturated heterocycles. The third-order valence-electron chi connectivity index (χ3n) is 4.09. The summed E-state index contributed by atoms with van der Waals surface area (Å²) in [5.74, 6) is 0.855. The lowest BCUT2D eigenvalue weighted by molar-refractivity contribution is 0.416. The van der Waals surface area contributed by atoms with Crippen LogP contribution in [0.2, 0.25) is 0 Å². The topological polar surface area (TPSA) is 52.8 Å². The molecule has 0 N–H and O–H groups in total. The summed E-state index contributed by atoms with van der Waals surface area (Å²) in [5, 5.41) is 9.49. The van der Waals surface area contributed by atoms with Gasteiger partial charge in [-0.15, -0.1) is 16.4 Å². The molecule has 0 saturated carbocycles. The molecular weight excluding hydrogens is 332 g/mol. The molecule has 4 aromatic rings. The highest BCUT2D eigenvalue weighted by molar-refractivity contribution is 7.18. The van der Waals surface area contributed by atoms with Gasteiger partial charge in [0.1, 0.15) is 16.3 Å². The molecule has 5 nitrogen and oxygen atoms in total. The molecule has 0 aliphatic carbocycles. The minimum absolute atomic E-state index is 0.285. The molecule has 2 aromatic heterocycles. The molecule has 126 valence electrons. The van der Waals surface area contributed by atoms with Crippen LogP contribution in [0.4, 0.5) is 0 Å². The Labute approximate surface area is 149 Å². The number of hydrogen-bond donors (Lipinski definition) is 0. The van der Waals surface area contributed by atoms with Crippen LogP contribution in [0.25, 0.3) is 32.0 Å². The zero-order valence-electron chi connectivity index (χ0n) is 14.3. The Bertz CT molecular complexity index is 1030. The van der Waals surface area contributed by atoms with Crippen molar-refractivity contribution in [3.8, 4) is 26.8 Å². The highest BCUT2D eigenvalue weighted by Gasteiger charge is 2.13. The first kappa shape index (κ1) is 15.8. The second-order valence-electron chi connectivity index (χ2n) is 6.06. The predicted octanol–water partition coefficient (Wildman–Crippen LogP) is 4.81. The summed E-state index contributed by atoms with van der Waals surface area (Å²) in [5.41, 5.74) is 4.04. The molecule has 0 atom stereocenters. The van der Waals surface area contributed by atoms with E-state index in [1.165, 1.54) is 0 Å². The van der Waals surface area contributed by atoms with Crippen LogP contribution in [0.1, 0.15) is 19.9 Å². The van der Waals surface area contributed by atoms with Gasteiger partial charge in [0.25, 0.3) is 0 Å². The predicted molar refractivity (Wildman–Crippen MR) is 101 cm³/mol. The third-order valence-corrected chi connectivity index (χ3v) is 5.16. The van der Waals surface area contributed by atoms with Crippen LogP contribution >= 0.6 is 11.3 Å². The molecule has 0 bridgehead atoms. The Hall–Kier alpha value is -2.73. The maximum absolute atomic E-state index is 5.46. The molecule has 2 aromatic carbocycles. The molecule has 0 fully saturated rings. The van der Waals surface area contributed by atoms with Crippen molar-refractivity contribution in [3.63, 3.8) is 0 Å². The van der Waals surface area contributed by atoms with E-state index in [9.17, 15) is 0 Å². The van der Waals surface area contributed by atoms with Gasteiger partial charge in [-0.3, -0.25) is 0 Å². The minimum atomic E-state index is 0.285. The van der Waals surface area contributed by atoms with Crippen molar-refractivity contribution < 1.29 is 4.74 Å². The van der Waals surface area contributed by atoms with Crippen LogP contribution in [0.5, 0.6) is 5.75 Å². The fourth-order valence-electron chi connectivity index (χ4n) is 2.84. The summed E-state index contributed by atoms with van der Waals surface area (Å²) < 4.78 is 7.39. The molecule has 0 aliphatic rings. The van der Waals surface area contributed by atoms with Gasteiger partial charge in [0.2, 0.25) is 0 Å². The molecule has 0 spiro atoms. The minimum Gasteiger partial charge on any atom is -0.496 e. The van der Waals surface area contributed by atoms with Crippen molar-refractivity contribution in [1.82, 2.24) is 20.0 Å². The van der Waals surface area contributed by atoms with E-state index in [0.717, 1.165) is 37.8 Å². The summed E-state index contributed by atoms with van der Waals surface area (Å²) in [4.78, 5) is 5.68. The lowest BCUT2D eigenvalue weighted by Gasteiger charge is -2.05. The number of nitrogens with zero attached hydrogens (tertiary/aromatic N) is 4. The van der Waals surface area contributed by atoms with E-state index in [2.05, 4.69) is 41.3 Å². The third kappa shape index (κ3) is 2.78. The molecule has 0 amide bonds. The van der Waals surface area contributed by atoms with Gasteiger partial charge in [0.15, 0.2) is 0 Å². The number of benzene rings is 2. The first-order chi connectivity index (χ1) is 12.2. The van der Waals surface area contributed by atoms with E-state index in [1.807, 2.05) is 41.2 Å². The number of fused-ring (bicyclic) bond motifs is 1. The average molecular weight is 350 g/mol. The summed E-state index contributed by atoms with van der Waals surface area (Å²) in [6.45, 7) is 4.20. The van der Waals surface area contributed by atoms with Gasteiger partial charge in [0, 0.05) is 23.4 Å². The first-order valence-corrected chi connectivity index (χ1v) is 8.93. The Morgan fingerprint density at radius 1 is 1.12 bits per heavy atom. The van der Waals surface area contributed by atoms with Crippen LogP contribution < -0.4 is 4.74 Å². The number of methoxy groups -OCH3 is 1. The van der Waals surface area contributed by atoms with Crippen molar-refractivity contribution in [2.75, 3.05) is 7.11 Å². The quantitative estimate of drug-likeness (QED) is 0.530. The van der Waals surface area contributed by atoms with Gasteiger partial charge < -0.3 is 4.74 Å². The Morgan fingerprint density at radius 3 is 2.76 bits per heavy atom. The van der Waals surface area contributed by atoms with Gasteiger partial charge in [-0.1, -0.05) is 17.3 Å². The second-order valence-corrected chi connectivity index (χ2v) is 7.09. The Balaban J connectivity index is 1.74. The maximum atomic E-state index is 5.46. The monoisotopic (exact) mass is 350 g/mol. The van der Waals surface area contributed by atoms with Crippen LogP contribution in [0.3, 0.4) is 0 Å². The van der Waals surface area contributed by atoms with Gasteiger partial charge in [-0.25, -0.2) is 9.67 Å². The van der Waals surface area contributed by atoms with Crippen molar-refractivity contribution in [2.45, 2.75) is 19.9 Å². The zero-order valence-corrected chi connectivity index (χ0v) is 15.1. The van der Waals surface area contributed by atoms with E-state index in [-0.39, 0.29) is 6.04 Å². The summed E-state index contributed by atoms with van der Waals surface area (Å²) in [6, 6.07) is 14.5. The van der Waals surface area contributed by atoms with Crippen LogP contribution in [0, 0.1) is 0 Å². The Morgan fingerprint density at radius 2 is 1.96 bits per heavy atom. The van der Waals surface area contributed by atoms with E-state index in [1.54, 1.807) is 18.4 Å². The van der Waals surface area contributed by atoms with Crippen molar-refractivity contribution >= 4 is 22.4 Å².